The lowest BCUT2D eigenvalue weighted by Gasteiger charge is -2.08. The molecule has 0 amide bonds. The predicted octanol–water partition coefficient (Wildman–Crippen LogP) is 1.90. The van der Waals surface area contributed by atoms with Crippen LogP contribution in [-0.4, -0.2) is 28.9 Å². The molecule has 3 nitrogen and oxygen atoms in total. The molecule has 0 aromatic heterocycles. The lowest BCUT2D eigenvalue weighted by Crippen LogP contribution is -2.29. The summed E-state index contributed by atoms with van der Waals surface area (Å²) in [5.74, 6) is -0.743. The highest BCUT2D eigenvalue weighted by atomic mass is 32.2. The van der Waals surface area contributed by atoms with Gasteiger partial charge in [-0.1, -0.05) is 17.7 Å². The normalized spacial score (nSPS) is 24.6. The van der Waals surface area contributed by atoms with E-state index in [-0.39, 0.29) is 6.04 Å². The van der Waals surface area contributed by atoms with Gasteiger partial charge in [-0.2, -0.15) is 0 Å². The highest BCUT2D eigenvalue weighted by Gasteiger charge is 2.29. The van der Waals surface area contributed by atoms with Gasteiger partial charge in [0.25, 0.3) is 0 Å². The number of carboxylic acid groups (broad SMARTS) is 1. The fourth-order valence-electron chi connectivity index (χ4n) is 1.86. The van der Waals surface area contributed by atoms with E-state index in [0.717, 1.165) is 6.54 Å². The van der Waals surface area contributed by atoms with Gasteiger partial charge in [0.2, 0.25) is 0 Å². The van der Waals surface area contributed by atoms with Gasteiger partial charge >= 0.3 is 5.97 Å². The number of hydrogen-bond donors (Lipinski definition) is 2. The summed E-state index contributed by atoms with van der Waals surface area (Å²) in [6.07, 6.45) is 0.702. The first-order chi connectivity index (χ1) is 7.65. The van der Waals surface area contributed by atoms with E-state index in [0.29, 0.717) is 11.7 Å². The van der Waals surface area contributed by atoms with Crippen LogP contribution in [0.5, 0.6) is 0 Å². The molecule has 2 N–H and O–H groups in total. The van der Waals surface area contributed by atoms with E-state index in [1.807, 2.05) is 6.07 Å². The molecule has 16 heavy (non-hydrogen) atoms. The number of thioether (sulfide) groups is 1. The van der Waals surface area contributed by atoms with Crippen molar-refractivity contribution in [3.63, 3.8) is 0 Å². The molecule has 2 atom stereocenters. The van der Waals surface area contributed by atoms with Gasteiger partial charge in [0.05, 0.1) is 0 Å². The molecule has 0 saturated carbocycles. The molecule has 0 unspecified atom stereocenters. The van der Waals surface area contributed by atoms with Crippen molar-refractivity contribution in [2.45, 2.75) is 29.5 Å². The molecule has 2 rings (SSSR count). The topological polar surface area (TPSA) is 49.3 Å². The van der Waals surface area contributed by atoms with Gasteiger partial charge in [0.15, 0.2) is 0 Å². The van der Waals surface area contributed by atoms with E-state index in [1.54, 1.807) is 11.8 Å². The Labute approximate surface area is 99.2 Å². The molecular weight excluding hydrogens is 222 g/mol. The summed E-state index contributed by atoms with van der Waals surface area (Å²) < 4.78 is 0. The Kier molecular flexibility index (Phi) is 3.51. The number of rotatable bonds is 3. The SMILES string of the molecule is Cc1cccc(S[C@@H]2CN[C@H](C(=O)O)C2)c1. The predicted molar refractivity (Wildman–Crippen MR) is 64.9 cm³/mol. The van der Waals surface area contributed by atoms with E-state index >= 15 is 0 Å². The van der Waals surface area contributed by atoms with Gasteiger partial charge in [-0.05, 0) is 25.5 Å². The van der Waals surface area contributed by atoms with Crippen LogP contribution >= 0.6 is 11.8 Å². The Bertz CT molecular complexity index is 394. The maximum Gasteiger partial charge on any atom is 0.320 e. The Balaban J connectivity index is 1.94. The average molecular weight is 237 g/mol. The van der Waals surface area contributed by atoms with E-state index in [9.17, 15) is 4.79 Å². The third-order valence-electron chi connectivity index (χ3n) is 2.68. The van der Waals surface area contributed by atoms with Crippen molar-refractivity contribution in [3.05, 3.63) is 29.8 Å². The maximum atomic E-state index is 10.8. The van der Waals surface area contributed by atoms with Crippen LogP contribution in [0.25, 0.3) is 0 Å². The molecule has 0 spiro atoms. The quantitative estimate of drug-likeness (QED) is 0.843. The summed E-state index contributed by atoms with van der Waals surface area (Å²) in [5, 5.41) is 12.3. The van der Waals surface area contributed by atoms with Crippen LogP contribution in [-0.2, 0) is 4.79 Å². The lowest BCUT2D eigenvalue weighted by atomic mass is 10.2. The van der Waals surface area contributed by atoms with Crippen LogP contribution in [0.3, 0.4) is 0 Å². The summed E-state index contributed by atoms with van der Waals surface area (Å²) in [7, 11) is 0. The van der Waals surface area contributed by atoms with Gasteiger partial charge < -0.3 is 10.4 Å². The Morgan fingerprint density at radius 3 is 3.00 bits per heavy atom. The molecule has 1 aromatic carbocycles. The standard InChI is InChI=1S/C12H15NO2S/c1-8-3-2-4-9(5-8)16-10-6-11(12(14)15)13-7-10/h2-5,10-11,13H,6-7H2,1H3,(H,14,15)/t10-,11-/m0/s1. The second kappa shape index (κ2) is 4.89. The van der Waals surface area contributed by atoms with E-state index in [1.165, 1.54) is 10.5 Å². The number of hydrogen-bond acceptors (Lipinski definition) is 3. The second-order valence-electron chi connectivity index (χ2n) is 4.09. The smallest absolute Gasteiger partial charge is 0.320 e. The number of nitrogens with one attached hydrogen (secondary N) is 1. The molecule has 1 heterocycles. The number of carbonyl (C=O) groups is 1. The van der Waals surface area contributed by atoms with Crippen molar-refractivity contribution in [1.29, 1.82) is 0 Å². The van der Waals surface area contributed by atoms with Gasteiger partial charge in [-0.15, -0.1) is 11.8 Å². The molecule has 1 aromatic rings. The minimum atomic E-state index is -0.743. The largest absolute Gasteiger partial charge is 0.480 e. The van der Waals surface area contributed by atoms with Gasteiger partial charge in [-0.3, -0.25) is 4.79 Å². The lowest BCUT2D eigenvalue weighted by molar-refractivity contribution is -0.139. The number of aliphatic carboxylic acids is 1. The highest BCUT2D eigenvalue weighted by Crippen LogP contribution is 2.29. The van der Waals surface area contributed by atoms with E-state index in [4.69, 9.17) is 5.11 Å². The molecule has 0 bridgehead atoms. The van der Waals surface area contributed by atoms with Crippen LogP contribution in [0, 0.1) is 6.92 Å². The molecule has 86 valence electrons. The first-order valence-corrected chi connectivity index (χ1v) is 6.22. The van der Waals surface area contributed by atoms with Crippen molar-refractivity contribution in [3.8, 4) is 0 Å². The van der Waals surface area contributed by atoms with Gasteiger partial charge in [0, 0.05) is 16.7 Å². The zero-order valence-corrected chi connectivity index (χ0v) is 9.96. The Morgan fingerprint density at radius 2 is 2.38 bits per heavy atom. The van der Waals surface area contributed by atoms with Crippen molar-refractivity contribution in [2.24, 2.45) is 0 Å². The minimum Gasteiger partial charge on any atom is -0.480 e. The van der Waals surface area contributed by atoms with E-state index in [2.05, 4.69) is 30.4 Å². The first kappa shape index (κ1) is 11.5. The van der Waals surface area contributed by atoms with Crippen LogP contribution < -0.4 is 5.32 Å². The molecule has 0 aliphatic carbocycles. The Hall–Kier alpha value is -1.00. The summed E-state index contributed by atoms with van der Waals surface area (Å²) in [5.41, 5.74) is 1.24. The summed E-state index contributed by atoms with van der Waals surface area (Å²) in [6, 6.07) is 7.94. The summed E-state index contributed by atoms with van der Waals surface area (Å²) in [4.78, 5) is 12.0. The van der Waals surface area contributed by atoms with Crippen molar-refractivity contribution in [1.82, 2.24) is 5.32 Å². The van der Waals surface area contributed by atoms with Crippen LogP contribution in [0.4, 0.5) is 0 Å². The minimum absolute atomic E-state index is 0.364. The second-order valence-corrected chi connectivity index (χ2v) is 5.46. The maximum absolute atomic E-state index is 10.8. The fourth-order valence-corrected chi connectivity index (χ4v) is 3.13. The zero-order valence-electron chi connectivity index (χ0n) is 9.14. The Morgan fingerprint density at radius 1 is 1.56 bits per heavy atom. The van der Waals surface area contributed by atoms with E-state index < -0.39 is 5.97 Å². The van der Waals surface area contributed by atoms with Gasteiger partial charge in [0.1, 0.15) is 6.04 Å². The molecule has 1 saturated heterocycles. The number of carboxylic acids is 1. The van der Waals surface area contributed by atoms with Crippen LogP contribution in [0.1, 0.15) is 12.0 Å². The third kappa shape index (κ3) is 2.77. The first-order valence-electron chi connectivity index (χ1n) is 5.34. The molecule has 1 aliphatic rings. The average Bonchev–Trinajstić information content (AvgIpc) is 2.66. The van der Waals surface area contributed by atoms with Crippen LogP contribution in [0.2, 0.25) is 0 Å². The highest BCUT2D eigenvalue weighted by molar-refractivity contribution is 8.00. The molecule has 1 aliphatic heterocycles. The summed E-state index contributed by atoms with van der Waals surface area (Å²) >= 11 is 1.76. The number of benzene rings is 1. The van der Waals surface area contributed by atoms with Crippen LogP contribution in [0.15, 0.2) is 29.2 Å². The zero-order chi connectivity index (χ0) is 11.5. The van der Waals surface area contributed by atoms with Gasteiger partial charge in [-0.25, -0.2) is 0 Å². The fraction of sp³-hybridized carbons (Fsp3) is 0.417. The van der Waals surface area contributed by atoms with Crippen molar-refractivity contribution < 1.29 is 9.90 Å². The van der Waals surface area contributed by atoms with Crippen molar-refractivity contribution in [2.75, 3.05) is 6.54 Å². The number of aryl methyl sites for hydroxylation is 1. The summed E-state index contributed by atoms with van der Waals surface area (Å²) in [6.45, 7) is 2.84. The monoisotopic (exact) mass is 237 g/mol. The molecular formula is C12H15NO2S. The third-order valence-corrected chi connectivity index (χ3v) is 3.90. The van der Waals surface area contributed by atoms with Crippen molar-refractivity contribution >= 4 is 17.7 Å². The molecule has 0 radical (unpaired) electrons. The molecule has 4 heteroatoms. The molecule has 1 fully saturated rings.